The van der Waals surface area contributed by atoms with Crippen LogP contribution in [0.3, 0.4) is 0 Å². The van der Waals surface area contributed by atoms with E-state index in [-0.39, 0.29) is 23.1 Å². The molecule has 2 N–H and O–H groups in total. The summed E-state index contributed by atoms with van der Waals surface area (Å²) < 4.78 is 39.0. The summed E-state index contributed by atoms with van der Waals surface area (Å²) >= 11 is 0. The van der Waals surface area contributed by atoms with Crippen molar-refractivity contribution in [2.45, 2.75) is 11.8 Å². The van der Waals surface area contributed by atoms with Crippen LogP contribution in [0.25, 0.3) is 0 Å². The third kappa shape index (κ3) is 7.95. The van der Waals surface area contributed by atoms with Gasteiger partial charge in [0.2, 0.25) is 0 Å². The van der Waals surface area contributed by atoms with E-state index in [1.165, 1.54) is 25.5 Å². The minimum Gasteiger partial charge on any atom is -0.495 e. The smallest absolute Gasteiger partial charge is 0.264 e. The molecule has 11 heteroatoms. The van der Waals surface area contributed by atoms with Gasteiger partial charge in [0.25, 0.3) is 21.8 Å². The highest BCUT2D eigenvalue weighted by Gasteiger charge is 2.29. The summed E-state index contributed by atoms with van der Waals surface area (Å²) in [6, 6.07) is 28.7. The molecular formula is C31H30N4O6S. The second kappa shape index (κ2) is 14.0. The summed E-state index contributed by atoms with van der Waals surface area (Å²) in [5.74, 6) is -0.171. The van der Waals surface area contributed by atoms with Gasteiger partial charge in [-0.1, -0.05) is 48.0 Å². The van der Waals surface area contributed by atoms with Crippen LogP contribution in [0.15, 0.2) is 113 Å². The van der Waals surface area contributed by atoms with E-state index in [0.29, 0.717) is 22.7 Å². The number of rotatable bonds is 12. The molecule has 4 aromatic rings. The van der Waals surface area contributed by atoms with E-state index in [4.69, 9.17) is 9.47 Å². The van der Waals surface area contributed by atoms with Crippen LogP contribution in [0, 0.1) is 6.92 Å². The first kappa shape index (κ1) is 29.8. The van der Waals surface area contributed by atoms with Gasteiger partial charge in [-0.05, 0) is 73.2 Å². The van der Waals surface area contributed by atoms with E-state index >= 15 is 0 Å². The van der Waals surface area contributed by atoms with E-state index in [2.05, 4.69) is 15.8 Å². The number of anilines is 2. The van der Waals surface area contributed by atoms with E-state index in [1.807, 2.05) is 25.1 Å². The number of aryl methyl sites for hydroxylation is 1. The van der Waals surface area contributed by atoms with E-state index in [1.54, 1.807) is 72.8 Å². The van der Waals surface area contributed by atoms with Crippen LogP contribution in [0.4, 0.5) is 11.4 Å². The van der Waals surface area contributed by atoms with Crippen molar-refractivity contribution in [1.29, 1.82) is 0 Å². The number of sulfonamides is 1. The number of carbonyl (C=O) groups excluding carboxylic acids is 2. The second-order valence-electron chi connectivity index (χ2n) is 9.06. The molecule has 0 aliphatic carbocycles. The fourth-order valence-corrected chi connectivity index (χ4v) is 5.27. The quantitative estimate of drug-likeness (QED) is 0.188. The van der Waals surface area contributed by atoms with E-state index in [9.17, 15) is 18.0 Å². The number of para-hydroxylation sites is 3. The Morgan fingerprint density at radius 1 is 0.857 bits per heavy atom. The number of amides is 2. The lowest BCUT2D eigenvalue weighted by atomic mass is 10.2. The predicted octanol–water partition coefficient (Wildman–Crippen LogP) is 4.37. The number of hydrazone groups is 1. The van der Waals surface area contributed by atoms with Crippen molar-refractivity contribution in [3.05, 3.63) is 114 Å². The van der Waals surface area contributed by atoms with Crippen molar-refractivity contribution in [2.24, 2.45) is 5.10 Å². The second-order valence-corrected chi connectivity index (χ2v) is 10.9. The van der Waals surface area contributed by atoms with Crippen molar-refractivity contribution in [3.8, 4) is 11.5 Å². The molecule has 2 amide bonds. The van der Waals surface area contributed by atoms with Crippen LogP contribution in [0.5, 0.6) is 11.5 Å². The third-order valence-electron chi connectivity index (χ3n) is 5.96. The molecular weight excluding hydrogens is 556 g/mol. The highest BCUT2D eigenvalue weighted by atomic mass is 32.2. The molecule has 0 fully saturated rings. The van der Waals surface area contributed by atoms with E-state index in [0.717, 1.165) is 9.87 Å². The van der Waals surface area contributed by atoms with Gasteiger partial charge in [0.15, 0.2) is 6.61 Å². The Hall–Kier alpha value is -5.16. The van der Waals surface area contributed by atoms with Gasteiger partial charge in [-0.3, -0.25) is 13.9 Å². The Labute approximate surface area is 244 Å². The van der Waals surface area contributed by atoms with Crippen molar-refractivity contribution in [3.63, 3.8) is 0 Å². The Bertz CT molecular complexity index is 1640. The van der Waals surface area contributed by atoms with Crippen LogP contribution in [-0.4, -0.2) is 46.7 Å². The van der Waals surface area contributed by atoms with Gasteiger partial charge in [-0.25, -0.2) is 13.8 Å². The molecule has 10 nitrogen and oxygen atoms in total. The van der Waals surface area contributed by atoms with Crippen LogP contribution in [-0.2, 0) is 19.6 Å². The zero-order valence-electron chi connectivity index (χ0n) is 23.1. The Morgan fingerprint density at radius 2 is 1.52 bits per heavy atom. The van der Waals surface area contributed by atoms with Crippen LogP contribution in [0.1, 0.15) is 11.1 Å². The van der Waals surface area contributed by atoms with Crippen LogP contribution >= 0.6 is 0 Å². The van der Waals surface area contributed by atoms with Gasteiger partial charge < -0.3 is 14.8 Å². The molecule has 0 heterocycles. The molecule has 0 unspecified atom stereocenters. The van der Waals surface area contributed by atoms with Gasteiger partial charge in [-0.2, -0.15) is 5.10 Å². The lowest BCUT2D eigenvalue weighted by molar-refractivity contribution is -0.119. The van der Waals surface area contributed by atoms with Crippen molar-refractivity contribution in [1.82, 2.24) is 5.43 Å². The molecule has 4 aromatic carbocycles. The Kier molecular flexibility index (Phi) is 9.90. The SMILES string of the molecule is COc1ccccc1N(CC(=O)N/N=C/c1ccc(OCC(=O)Nc2ccccc2)cc1)S(=O)(=O)c1ccc(C)cc1. The summed E-state index contributed by atoms with van der Waals surface area (Å²) in [5.41, 5.74) is 4.82. The summed E-state index contributed by atoms with van der Waals surface area (Å²) in [5, 5.41) is 6.71. The molecule has 0 aliphatic rings. The first-order valence-electron chi connectivity index (χ1n) is 12.9. The number of ether oxygens (including phenoxy) is 2. The molecule has 0 atom stereocenters. The number of benzene rings is 4. The minimum absolute atomic E-state index is 0.0372. The molecule has 0 saturated carbocycles. The van der Waals surface area contributed by atoms with Crippen molar-refractivity contribution in [2.75, 3.05) is 29.9 Å². The first-order chi connectivity index (χ1) is 20.3. The standard InChI is InChI=1S/C31H30N4O6S/c1-23-12-18-27(19-13-23)42(38,39)35(28-10-6-7-11-29(28)40-2)21-30(36)34-32-20-24-14-16-26(17-15-24)41-22-31(37)33-25-8-4-3-5-9-25/h3-20H,21-22H2,1-2H3,(H,33,37)(H,34,36)/b32-20+. The molecule has 0 aromatic heterocycles. The average molecular weight is 587 g/mol. The lowest BCUT2D eigenvalue weighted by Gasteiger charge is -2.25. The molecule has 0 bridgehead atoms. The molecule has 216 valence electrons. The molecule has 0 radical (unpaired) electrons. The number of hydrogen-bond donors (Lipinski definition) is 2. The topological polar surface area (TPSA) is 126 Å². The maximum Gasteiger partial charge on any atom is 0.264 e. The zero-order chi connectivity index (χ0) is 30.0. The summed E-state index contributed by atoms with van der Waals surface area (Å²) in [7, 11) is -2.69. The van der Waals surface area contributed by atoms with E-state index < -0.39 is 22.5 Å². The third-order valence-corrected chi connectivity index (χ3v) is 7.73. The monoisotopic (exact) mass is 586 g/mol. The van der Waals surface area contributed by atoms with Crippen molar-refractivity contribution < 1.29 is 27.5 Å². The normalized spacial score (nSPS) is 11.1. The van der Waals surface area contributed by atoms with Crippen LogP contribution < -0.4 is 24.5 Å². The highest BCUT2D eigenvalue weighted by Crippen LogP contribution is 2.32. The summed E-state index contributed by atoms with van der Waals surface area (Å²) in [6.45, 7) is 1.16. The van der Waals surface area contributed by atoms with Gasteiger partial charge in [-0.15, -0.1) is 0 Å². The summed E-state index contributed by atoms with van der Waals surface area (Å²) in [6.07, 6.45) is 1.41. The molecule has 0 aliphatic heterocycles. The van der Waals surface area contributed by atoms with Crippen molar-refractivity contribution >= 4 is 39.4 Å². The van der Waals surface area contributed by atoms with Crippen LogP contribution in [0.2, 0.25) is 0 Å². The number of hydrogen-bond acceptors (Lipinski definition) is 7. The average Bonchev–Trinajstić information content (AvgIpc) is 3.00. The maximum absolute atomic E-state index is 13.6. The number of nitrogens with zero attached hydrogens (tertiary/aromatic N) is 2. The number of nitrogens with one attached hydrogen (secondary N) is 2. The number of carbonyl (C=O) groups is 2. The van der Waals surface area contributed by atoms with Gasteiger partial charge in [0.05, 0.1) is 23.9 Å². The molecule has 42 heavy (non-hydrogen) atoms. The predicted molar refractivity (Wildman–Crippen MR) is 161 cm³/mol. The largest absolute Gasteiger partial charge is 0.495 e. The molecule has 0 spiro atoms. The van der Waals surface area contributed by atoms with Gasteiger partial charge in [0, 0.05) is 5.69 Å². The Morgan fingerprint density at radius 3 is 2.21 bits per heavy atom. The Balaban J connectivity index is 1.38. The molecule has 4 rings (SSSR count). The zero-order valence-corrected chi connectivity index (χ0v) is 23.9. The lowest BCUT2D eigenvalue weighted by Crippen LogP contribution is -2.39. The molecule has 0 saturated heterocycles. The first-order valence-corrected chi connectivity index (χ1v) is 14.3. The summed E-state index contributed by atoms with van der Waals surface area (Å²) in [4.78, 5) is 25.0. The van der Waals surface area contributed by atoms with Gasteiger partial charge >= 0.3 is 0 Å². The fraction of sp³-hybridized carbons (Fsp3) is 0.129. The van der Waals surface area contributed by atoms with Gasteiger partial charge in [0.1, 0.15) is 18.0 Å². The maximum atomic E-state index is 13.6. The number of methoxy groups -OCH3 is 1. The minimum atomic E-state index is -4.11. The fourth-order valence-electron chi connectivity index (χ4n) is 3.84. The highest BCUT2D eigenvalue weighted by molar-refractivity contribution is 7.92.